The minimum atomic E-state index is -0.415. The topological polar surface area (TPSA) is 58.6 Å². The van der Waals surface area contributed by atoms with E-state index in [0.29, 0.717) is 10.6 Å². The molecule has 0 heterocycles. The number of hydrogen-bond donors (Lipinski definition) is 2. The number of carbonyl (C=O) groups is 1. The van der Waals surface area contributed by atoms with Crippen LogP contribution in [0.5, 0.6) is 0 Å². The van der Waals surface area contributed by atoms with Gasteiger partial charge in [0, 0.05) is 15.7 Å². The van der Waals surface area contributed by atoms with E-state index in [1.165, 1.54) is 7.11 Å². The maximum atomic E-state index is 11.9. The third-order valence-electron chi connectivity index (χ3n) is 2.10. The number of amides is 1. The molecule has 0 radical (unpaired) electrons. The van der Waals surface area contributed by atoms with Crippen molar-refractivity contribution in [3.8, 4) is 0 Å². The Hall–Kier alpha value is -0.370. The fraction of sp³-hybridized carbons (Fsp3) is 0.364. The summed E-state index contributed by atoms with van der Waals surface area (Å²) < 4.78 is 5.69. The molecule has 0 spiro atoms. The number of methoxy groups -OCH3 is 1. The lowest BCUT2D eigenvalue weighted by Crippen LogP contribution is -2.40. The molecule has 0 fully saturated rings. The van der Waals surface area contributed by atoms with Crippen LogP contribution in [0.2, 0.25) is 5.02 Å². The van der Waals surface area contributed by atoms with Crippen molar-refractivity contribution in [1.82, 2.24) is 5.32 Å². The second kappa shape index (κ2) is 7.15. The molecule has 1 rings (SSSR count). The van der Waals surface area contributed by atoms with Gasteiger partial charge >= 0.3 is 0 Å². The Bertz CT molecular complexity index is 400. The van der Waals surface area contributed by atoms with Crippen molar-refractivity contribution >= 4 is 40.1 Å². The summed E-state index contributed by atoms with van der Waals surface area (Å²) in [6, 6.07) is 4.67. The third-order valence-corrected chi connectivity index (χ3v) is 3.27. The first-order valence-electron chi connectivity index (χ1n) is 4.94. The molecule has 1 aromatic carbocycles. The van der Waals surface area contributed by atoms with Crippen LogP contribution < -0.4 is 5.32 Å². The van der Waals surface area contributed by atoms with Gasteiger partial charge in [0.05, 0.1) is 24.8 Å². The standard InChI is InChI=1S/C11H13ClINO3/c1-17-6-8(5-15)14-11(16)9-4-7(12)2-3-10(9)13/h2-4,8,15H,5-6H2,1H3,(H,14,16). The summed E-state index contributed by atoms with van der Waals surface area (Å²) in [6.07, 6.45) is 0. The molecule has 6 heteroatoms. The molecule has 0 aliphatic rings. The van der Waals surface area contributed by atoms with Crippen molar-refractivity contribution in [1.29, 1.82) is 0 Å². The van der Waals surface area contributed by atoms with Gasteiger partial charge in [-0.1, -0.05) is 11.6 Å². The van der Waals surface area contributed by atoms with E-state index in [2.05, 4.69) is 27.9 Å². The molecule has 4 nitrogen and oxygen atoms in total. The SMILES string of the molecule is COCC(CO)NC(=O)c1cc(Cl)ccc1I. The first-order chi connectivity index (χ1) is 8.08. The van der Waals surface area contributed by atoms with E-state index in [9.17, 15) is 4.79 Å². The van der Waals surface area contributed by atoms with Crippen LogP contribution in [0.15, 0.2) is 18.2 Å². The molecule has 1 unspecified atom stereocenters. The van der Waals surface area contributed by atoms with Gasteiger partial charge in [-0.05, 0) is 40.8 Å². The minimum absolute atomic E-state index is 0.170. The lowest BCUT2D eigenvalue weighted by atomic mass is 10.2. The zero-order chi connectivity index (χ0) is 12.8. The first-order valence-corrected chi connectivity index (χ1v) is 6.40. The number of rotatable bonds is 5. The van der Waals surface area contributed by atoms with Crippen molar-refractivity contribution in [2.75, 3.05) is 20.3 Å². The first kappa shape index (κ1) is 14.7. The van der Waals surface area contributed by atoms with E-state index in [4.69, 9.17) is 21.4 Å². The molecule has 0 aliphatic heterocycles. The number of nitrogens with one attached hydrogen (secondary N) is 1. The molecule has 1 aromatic rings. The normalized spacial score (nSPS) is 12.2. The zero-order valence-electron chi connectivity index (χ0n) is 9.24. The number of aliphatic hydroxyl groups excluding tert-OH is 1. The Kier molecular flexibility index (Phi) is 6.18. The summed E-state index contributed by atoms with van der Waals surface area (Å²) in [5.74, 6) is -0.270. The Morgan fingerprint density at radius 2 is 2.35 bits per heavy atom. The number of aliphatic hydroxyl groups is 1. The average molecular weight is 370 g/mol. The monoisotopic (exact) mass is 369 g/mol. The molecular weight excluding hydrogens is 356 g/mol. The Balaban J connectivity index is 2.78. The maximum Gasteiger partial charge on any atom is 0.252 e. The fourth-order valence-electron chi connectivity index (χ4n) is 1.28. The number of carbonyl (C=O) groups excluding carboxylic acids is 1. The zero-order valence-corrected chi connectivity index (χ0v) is 12.2. The summed E-state index contributed by atoms with van der Waals surface area (Å²) in [5, 5.41) is 12.2. The van der Waals surface area contributed by atoms with Crippen LogP contribution in [0.4, 0.5) is 0 Å². The van der Waals surface area contributed by atoms with Crippen LogP contribution in [0, 0.1) is 3.57 Å². The highest BCUT2D eigenvalue weighted by molar-refractivity contribution is 14.1. The fourth-order valence-corrected chi connectivity index (χ4v) is 2.03. The molecule has 0 aliphatic carbocycles. The minimum Gasteiger partial charge on any atom is -0.394 e. The van der Waals surface area contributed by atoms with E-state index in [1.807, 2.05) is 0 Å². The molecule has 1 atom stereocenters. The molecule has 1 amide bonds. The van der Waals surface area contributed by atoms with E-state index in [1.54, 1.807) is 18.2 Å². The summed E-state index contributed by atoms with van der Waals surface area (Å²) in [4.78, 5) is 11.9. The van der Waals surface area contributed by atoms with E-state index in [0.717, 1.165) is 3.57 Å². The number of ether oxygens (including phenoxy) is 1. The van der Waals surface area contributed by atoms with Crippen LogP contribution in [-0.2, 0) is 4.74 Å². The van der Waals surface area contributed by atoms with Gasteiger partial charge in [0.25, 0.3) is 5.91 Å². The molecule has 0 aromatic heterocycles. The molecule has 2 N–H and O–H groups in total. The van der Waals surface area contributed by atoms with Crippen LogP contribution >= 0.6 is 34.2 Å². The largest absolute Gasteiger partial charge is 0.394 e. The molecule has 17 heavy (non-hydrogen) atoms. The van der Waals surface area contributed by atoms with Crippen molar-refractivity contribution in [3.05, 3.63) is 32.4 Å². The van der Waals surface area contributed by atoms with Crippen molar-refractivity contribution in [3.63, 3.8) is 0 Å². The van der Waals surface area contributed by atoms with E-state index in [-0.39, 0.29) is 19.1 Å². The lowest BCUT2D eigenvalue weighted by molar-refractivity contribution is 0.0839. The molecule has 0 saturated carbocycles. The van der Waals surface area contributed by atoms with Gasteiger partial charge in [-0.2, -0.15) is 0 Å². The van der Waals surface area contributed by atoms with E-state index < -0.39 is 6.04 Å². The predicted octanol–water partition coefficient (Wildman–Crippen LogP) is 1.68. The average Bonchev–Trinajstić information content (AvgIpc) is 2.31. The molecule has 94 valence electrons. The molecular formula is C11H13ClINO3. The Morgan fingerprint density at radius 1 is 1.65 bits per heavy atom. The summed E-state index contributed by atoms with van der Waals surface area (Å²) in [6.45, 7) is 0.0934. The summed E-state index contributed by atoms with van der Waals surface area (Å²) in [5.41, 5.74) is 0.493. The quantitative estimate of drug-likeness (QED) is 0.777. The summed E-state index contributed by atoms with van der Waals surface area (Å²) >= 11 is 7.89. The highest BCUT2D eigenvalue weighted by Crippen LogP contribution is 2.17. The second-order valence-corrected chi connectivity index (χ2v) is 5.03. The lowest BCUT2D eigenvalue weighted by Gasteiger charge is -2.15. The summed E-state index contributed by atoms with van der Waals surface area (Å²) in [7, 11) is 1.51. The van der Waals surface area contributed by atoms with E-state index >= 15 is 0 Å². The van der Waals surface area contributed by atoms with Crippen LogP contribution in [0.3, 0.4) is 0 Å². The Morgan fingerprint density at radius 3 is 2.94 bits per heavy atom. The van der Waals surface area contributed by atoms with Crippen molar-refractivity contribution in [2.45, 2.75) is 6.04 Å². The van der Waals surface area contributed by atoms with Gasteiger partial charge in [0.1, 0.15) is 0 Å². The van der Waals surface area contributed by atoms with Crippen LogP contribution in [0.25, 0.3) is 0 Å². The Labute approximate surface area is 118 Å². The molecule has 0 bridgehead atoms. The van der Waals surface area contributed by atoms with Gasteiger partial charge < -0.3 is 15.2 Å². The van der Waals surface area contributed by atoms with Crippen LogP contribution in [0.1, 0.15) is 10.4 Å². The number of hydrogen-bond acceptors (Lipinski definition) is 3. The molecule has 0 saturated heterocycles. The smallest absolute Gasteiger partial charge is 0.252 e. The maximum absolute atomic E-state index is 11.9. The number of benzene rings is 1. The van der Waals surface area contributed by atoms with Gasteiger partial charge in [0.15, 0.2) is 0 Å². The van der Waals surface area contributed by atoms with Gasteiger partial charge in [-0.25, -0.2) is 0 Å². The second-order valence-electron chi connectivity index (χ2n) is 3.43. The van der Waals surface area contributed by atoms with Gasteiger partial charge in [-0.15, -0.1) is 0 Å². The third kappa shape index (κ3) is 4.42. The number of halogens is 2. The van der Waals surface area contributed by atoms with Crippen molar-refractivity contribution in [2.24, 2.45) is 0 Å². The van der Waals surface area contributed by atoms with Crippen LogP contribution in [-0.4, -0.2) is 37.4 Å². The van der Waals surface area contributed by atoms with Gasteiger partial charge in [-0.3, -0.25) is 4.79 Å². The predicted molar refractivity (Wildman–Crippen MR) is 74.4 cm³/mol. The highest BCUT2D eigenvalue weighted by Gasteiger charge is 2.15. The van der Waals surface area contributed by atoms with Gasteiger partial charge in [0.2, 0.25) is 0 Å². The highest BCUT2D eigenvalue weighted by atomic mass is 127. The van der Waals surface area contributed by atoms with Crippen molar-refractivity contribution < 1.29 is 14.6 Å².